The number of hydrogen-bond acceptors (Lipinski definition) is 0. The standard InChI is InChI=1S/C4H4BrClF2/c5-3-1-2(3)4(6,7)8/h2-3H,1H2. The van der Waals surface area contributed by atoms with Gasteiger partial charge in [-0.05, 0) is 18.0 Å². The molecule has 48 valence electrons. The van der Waals surface area contributed by atoms with E-state index in [4.69, 9.17) is 0 Å². The summed E-state index contributed by atoms with van der Waals surface area (Å²) in [6, 6.07) is 0. The van der Waals surface area contributed by atoms with Gasteiger partial charge in [-0.25, -0.2) is 0 Å². The Balaban J connectivity index is 2.39. The molecule has 0 nitrogen and oxygen atoms in total. The maximum atomic E-state index is 11.9. The lowest BCUT2D eigenvalue weighted by Gasteiger charge is -2.02. The highest BCUT2D eigenvalue weighted by Crippen LogP contribution is 2.50. The predicted octanol–water partition coefficient (Wildman–Crippen LogP) is 2.60. The molecule has 0 aromatic heterocycles. The van der Waals surface area contributed by atoms with Crippen LogP contribution < -0.4 is 0 Å². The topological polar surface area (TPSA) is 0 Å². The first-order valence-electron chi connectivity index (χ1n) is 2.22. The summed E-state index contributed by atoms with van der Waals surface area (Å²) in [4.78, 5) is -0.0602. The third-order valence-electron chi connectivity index (χ3n) is 1.13. The van der Waals surface area contributed by atoms with Crippen LogP contribution in [0.2, 0.25) is 0 Å². The Morgan fingerprint density at radius 2 is 2.00 bits per heavy atom. The number of halogens is 4. The average Bonchev–Trinajstić information content (AvgIpc) is 2.13. The molecule has 0 bridgehead atoms. The van der Waals surface area contributed by atoms with Gasteiger partial charge in [-0.15, -0.1) is 0 Å². The Hall–Kier alpha value is 0.630. The Morgan fingerprint density at radius 1 is 1.62 bits per heavy atom. The fourth-order valence-electron chi connectivity index (χ4n) is 0.503. The van der Waals surface area contributed by atoms with E-state index in [2.05, 4.69) is 27.5 Å². The summed E-state index contributed by atoms with van der Waals surface area (Å²) in [5.41, 5.74) is 0. The maximum Gasteiger partial charge on any atom is 0.325 e. The molecule has 2 unspecified atom stereocenters. The minimum absolute atomic E-state index is 0.0602. The molecule has 0 amide bonds. The predicted molar refractivity (Wildman–Crippen MR) is 31.6 cm³/mol. The third-order valence-corrected chi connectivity index (χ3v) is 2.43. The van der Waals surface area contributed by atoms with E-state index in [9.17, 15) is 8.78 Å². The van der Waals surface area contributed by atoms with E-state index >= 15 is 0 Å². The van der Waals surface area contributed by atoms with Crippen LogP contribution in [0.5, 0.6) is 0 Å². The van der Waals surface area contributed by atoms with Crippen molar-refractivity contribution in [2.45, 2.75) is 16.6 Å². The second-order valence-electron chi connectivity index (χ2n) is 1.90. The summed E-state index contributed by atoms with van der Waals surface area (Å²) in [5, 5.41) is -2.99. The molecule has 0 N–H and O–H groups in total. The highest BCUT2D eigenvalue weighted by Gasteiger charge is 2.52. The van der Waals surface area contributed by atoms with Crippen LogP contribution in [0.15, 0.2) is 0 Å². The van der Waals surface area contributed by atoms with Gasteiger partial charge in [0.1, 0.15) is 0 Å². The first-order chi connectivity index (χ1) is 3.52. The first kappa shape index (κ1) is 6.75. The molecule has 1 fully saturated rings. The van der Waals surface area contributed by atoms with Crippen LogP contribution in [-0.4, -0.2) is 10.2 Å². The Labute approximate surface area is 59.3 Å². The quantitative estimate of drug-likeness (QED) is 0.577. The molecule has 1 saturated carbocycles. The van der Waals surface area contributed by atoms with Crippen LogP contribution >= 0.6 is 27.5 Å². The van der Waals surface area contributed by atoms with Crippen molar-refractivity contribution in [3.8, 4) is 0 Å². The zero-order valence-corrected chi connectivity index (χ0v) is 6.22. The van der Waals surface area contributed by atoms with Crippen molar-refractivity contribution in [1.82, 2.24) is 0 Å². The van der Waals surface area contributed by atoms with Gasteiger partial charge in [0.05, 0.1) is 5.92 Å². The van der Waals surface area contributed by atoms with Crippen LogP contribution in [0.25, 0.3) is 0 Å². The zero-order chi connectivity index (χ0) is 6.36. The van der Waals surface area contributed by atoms with Crippen molar-refractivity contribution < 1.29 is 8.78 Å². The van der Waals surface area contributed by atoms with E-state index in [1.165, 1.54) is 0 Å². The molecule has 0 aromatic carbocycles. The molecule has 2 atom stereocenters. The van der Waals surface area contributed by atoms with E-state index in [0.29, 0.717) is 6.42 Å². The van der Waals surface area contributed by atoms with Crippen LogP contribution in [-0.2, 0) is 0 Å². The lowest BCUT2D eigenvalue weighted by atomic mass is 10.5. The zero-order valence-electron chi connectivity index (χ0n) is 3.87. The molecule has 4 heteroatoms. The molecule has 0 radical (unpaired) electrons. The minimum Gasteiger partial charge on any atom is -0.188 e. The van der Waals surface area contributed by atoms with Crippen LogP contribution in [0.4, 0.5) is 8.78 Å². The fraction of sp³-hybridized carbons (Fsp3) is 1.00. The van der Waals surface area contributed by atoms with Gasteiger partial charge in [-0.2, -0.15) is 8.78 Å². The minimum atomic E-state index is -2.99. The highest BCUT2D eigenvalue weighted by molar-refractivity contribution is 9.09. The Bertz CT molecular complexity index is 101. The van der Waals surface area contributed by atoms with Gasteiger partial charge < -0.3 is 0 Å². The van der Waals surface area contributed by atoms with Gasteiger partial charge in [0.2, 0.25) is 0 Å². The van der Waals surface area contributed by atoms with E-state index < -0.39 is 11.3 Å². The Morgan fingerprint density at radius 3 is 2.00 bits per heavy atom. The summed E-state index contributed by atoms with van der Waals surface area (Å²) in [7, 11) is 0. The lowest BCUT2D eigenvalue weighted by molar-refractivity contribution is 0.0721. The van der Waals surface area contributed by atoms with Gasteiger partial charge in [0, 0.05) is 4.83 Å². The second-order valence-corrected chi connectivity index (χ2v) is 3.58. The molecule has 0 saturated heterocycles. The molecule has 8 heavy (non-hydrogen) atoms. The van der Waals surface area contributed by atoms with Crippen molar-refractivity contribution in [2.75, 3.05) is 0 Å². The number of hydrogen-bond donors (Lipinski definition) is 0. The first-order valence-corrected chi connectivity index (χ1v) is 3.52. The summed E-state index contributed by atoms with van der Waals surface area (Å²) in [5.74, 6) is -0.635. The number of rotatable bonds is 1. The molecule has 1 aliphatic rings. The van der Waals surface area contributed by atoms with Crippen LogP contribution in [0.3, 0.4) is 0 Å². The molecule has 1 aliphatic carbocycles. The summed E-state index contributed by atoms with van der Waals surface area (Å²) in [6.07, 6.45) is 0.497. The smallest absolute Gasteiger partial charge is 0.188 e. The van der Waals surface area contributed by atoms with Gasteiger partial charge in [0.15, 0.2) is 0 Å². The SMILES string of the molecule is FC(F)(Cl)C1CC1Br. The highest BCUT2D eigenvalue weighted by atomic mass is 79.9. The van der Waals surface area contributed by atoms with Crippen LogP contribution in [0, 0.1) is 5.92 Å². The van der Waals surface area contributed by atoms with Crippen molar-refractivity contribution in [2.24, 2.45) is 5.92 Å². The molecular weight excluding hydrogens is 201 g/mol. The summed E-state index contributed by atoms with van der Waals surface area (Å²) < 4.78 is 23.8. The fourth-order valence-corrected chi connectivity index (χ4v) is 1.63. The number of alkyl halides is 4. The maximum absolute atomic E-state index is 11.9. The average molecular weight is 205 g/mol. The van der Waals surface area contributed by atoms with E-state index in [0.717, 1.165) is 0 Å². The third kappa shape index (κ3) is 1.32. The molecule has 0 aliphatic heterocycles. The normalized spacial score (nSPS) is 37.5. The molecule has 0 spiro atoms. The van der Waals surface area contributed by atoms with E-state index in [1.807, 2.05) is 0 Å². The molecule has 0 aromatic rings. The van der Waals surface area contributed by atoms with E-state index in [-0.39, 0.29) is 4.83 Å². The lowest BCUT2D eigenvalue weighted by Crippen LogP contribution is -2.09. The van der Waals surface area contributed by atoms with Gasteiger partial charge in [-0.3, -0.25) is 0 Å². The van der Waals surface area contributed by atoms with Gasteiger partial charge in [-0.1, -0.05) is 15.9 Å². The van der Waals surface area contributed by atoms with Crippen molar-refractivity contribution in [1.29, 1.82) is 0 Å². The van der Waals surface area contributed by atoms with Gasteiger partial charge in [0.25, 0.3) is 0 Å². The van der Waals surface area contributed by atoms with Crippen molar-refractivity contribution in [3.63, 3.8) is 0 Å². The van der Waals surface area contributed by atoms with Crippen LogP contribution in [0.1, 0.15) is 6.42 Å². The van der Waals surface area contributed by atoms with Crippen molar-refractivity contribution >= 4 is 27.5 Å². The molecule has 1 rings (SSSR count). The monoisotopic (exact) mass is 204 g/mol. The summed E-state index contributed by atoms with van der Waals surface area (Å²) >= 11 is 7.68. The molecule has 0 heterocycles. The largest absolute Gasteiger partial charge is 0.325 e. The summed E-state index contributed by atoms with van der Waals surface area (Å²) in [6.45, 7) is 0. The van der Waals surface area contributed by atoms with Crippen molar-refractivity contribution in [3.05, 3.63) is 0 Å². The van der Waals surface area contributed by atoms with E-state index in [1.54, 1.807) is 0 Å². The Kier molecular flexibility index (Phi) is 1.52. The molecular formula is C4H4BrClF2. The van der Waals surface area contributed by atoms with Gasteiger partial charge >= 0.3 is 5.38 Å². The second kappa shape index (κ2) is 1.81.